The van der Waals surface area contributed by atoms with Crippen molar-refractivity contribution in [1.29, 1.82) is 0 Å². The molecule has 1 aromatic carbocycles. The number of likely N-dealkylation sites (N-methyl/N-ethyl adjacent to an activating group) is 1. The molecule has 2 aromatic rings. The van der Waals surface area contributed by atoms with Gasteiger partial charge in [-0.2, -0.15) is 0 Å². The number of nitrogens with one attached hydrogen (secondary N) is 1. The fraction of sp³-hybridized carbons (Fsp3) is 0.429. The number of rotatable bonds is 9. The maximum absolute atomic E-state index is 12.6. The Kier molecular flexibility index (Phi) is 6.74. The fourth-order valence-electron chi connectivity index (χ4n) is 3.07. The van der Waals surface area contributed by atoms with Crippen LogP contribution in [0.15, 0.2) is 41.6 Å². The first-order valence-electron chi connectivity index (χ1n) is 9.77. The van der Waals surface area contributed by atoms with E-state index in [1.54, 1.807) is 4.90 Å². The third kappa shape index (κ3) is 5.47. The van der Waals surface area contributed by atoms with Crippen LogP contribution in [0.5, 0.6) is 0 Å². The molecular weight excluding hydrogens is 386 g/mol. The van der Waals surface area contributed by atoms with Gasteiger partial charge in [-0.15, -0.1) is 10.2 Å². The first kappa shape index (κ1) is 21.1. The number of nitrogens with zero attached hydrogens (tertiary/aromatic N) is 4. The minimum atomic E-state index is -0.120. The van der Waals surface area contributed by atoms with Crippen LogP contribution < -0.4 is 5.32 Å². The molecule has 1 heterocycles. The largest absolute Gasteiger partial charge is 0.338 e. The highest BCUT2D eigenvalue weighted by atomic mass is 32.2. The molecule has 0 bridgehead atoms. The lowest BCUT2D eigenvalue weighted by molar-refractivity contribution is -0.127. The van der Waals surface area contributed by atoms with E-state index in [1.165, 1.54) is 18.7 Å². The number of thioether (sulfide) groups is 1. The normalized spacial score (nSPS) is 13.2. The van der Waals surface area contributed by atoms with E-state index in [0.29, 0.717) is 24.2 Å². The van der Waals surface area contributed by atoms with E-state index in [2.05, 4.69) is 22.1 Å². The molecule has 1 saturated carbocycles. The van der Waals surface area contributed by atoms with Gasteiger partial charge >= 0.3 is 0 Å². The molecule has 8 heteroatoms. The number of carbonyl (C=O) groups is 2. The highest BCUT2D eigenvalue weighted by molar-refractivity contribution is 7.99. The zero-order valence-electron chi connectivity index (χ0n) is 17.1. The third-order valence-corrected chi connectivity index (χ3v) is 5.46. The van der Waals surface area contributed by atoms with E-state index in [-0.39, 0.29) is 17.6 Å². The van der Waals surface area contributed by atoms with Gasteiger partial charge in [0.2, 0.25) is 11.8 Å². The van der Waals surface area contributed by atoms with E-state index in [0.717, 1.165) is 35.6 Å². The van der Waals surface area contributed by atoms with Crippen molar-refractivity contribution < 1.29 is 9.59 Å². The number of carbonyl (C=O) groups excluding carboxylic acids is 2. The minimum absolute atomic E-state index is 0.0509. The second-order valence-corrected chi connectivity index (χ2v) is 8.28. The molecule has 1 fully saturated rings. The van der Waals surface area contributed by atoms with Crippen molar-refractivity contribution in [2.45, 2.75) is 44.7 Å². The Balaban J connectivity index is 1.83. The molecule has 0 atom stereocenters. The second kappa shape index (κ2) is 9.26. The topological polar surface area (TPSA) is 80.1 Å². The first-order valence-corrected chi connectivity index (χ1v) is 10.8. The van der Waals surface area contributed by atoms with Crippen LogP contribution in [-0.4, -0.2) is 50.3 Å². The van der Waals surface area contributed by atoms with Gasteiger partial charge in [0.05, 0.1) is 11.4 Å². The molecule has 7 nitrogen and oxygen atoms in total. The van der Waals surface area contributed by atoms with Gasteiger partial charge in [0.15, 0.2) is 5.16 Å². The standard InChI is InChI=1S/C21H27N5O2S/c1-5-25(12-14(2)3)19(28)13-29-21-24-23-20(16-9-10-16)26(21)18-8-6-7-17(11-18)22-15(4)27/h6-8,11,16H,2,5,9-10,12-13H2,1,3-4H3,(H,22,27). The van der Waals surface area contributed by atoms with Crippen LogP contribution in [0.2, 0.25) is 0 Å². The predicted molar refractivity (Wildman–Crippen MR) is 115 cm³/mol. The molecule has 0 unspecified atom stereocenters. The van der Waals surface area contributed by atoms with Crippen molar-refractivity contribution in [2.24, 2.45) is 0 Å². The van der Waals surface area contributed by atoms with Crippen LogP contribution >= 0.6 is 11.8 Å². The van der Waals surface area contributed by atoms with Crippen LogP contribution in [-0.2, 0) is 9.59 Å². The molecule has 0 radical (unpaired) electrons. The summed E-state index contributed by atoms with van der Waals surface area (Å²) >= 11 is 1.39. The molecule has 0 aliphatic heterocycles. The maximum atomic E-state index is 12.6. The molecule has 1 aromatic heterocycles. The van der Waals surface area contributed by atoms with Crippen LogP contribution in [0.4, 0.5) is 5.69 Å². The van der Waals surface area contributed by atoms with E-state index in [9.17, 15) is 9.59 Å². The van der Waals surface area contributed by atoms with E-state index < -0.39 is 0 Å². The van der Waals surface area contributed by atoms with Gasteiger partial charge in [-0.3, -0.25) is 14.2 Å². The summed E-state index contributed by atoms with van der Waals surface area (Å²) in [6.45, 7) is 10.5. The maximum Gasteiger partial charge on any atom is 0.233 e. The zero-order valence-corrected chi connectivity index (χ0v) is 18.0. The van der Waals surface area contributed by atoms with Crippen molar-refractivity contribution in [1.82, 2.24) is 19.7 Å². The van der Waals surface area contributed by atoms with Gasteiger partial charge in [0.25, 0.3) is 0 Å². The average Bonchev–Trinajstić information content (AvgIpc) is 3.43. The Morgan fingerprint density at radius 3 is 2.69 bits per heavy atom. The lowest BCUT2D eigenvalue weighted by Crippen LogP contribution is -2.33. The van der Waals surface area contributed by atoms with Crippen LogP contribution in [0.3, 0.4) is 0 Å². The SMILES string of the molecule is C=C(C)CN(CC)C(=O)CSc1nnc(C2CC2)n1-c1cccc(NC(C)=O)c1. The van der Waals surface area contributed by atoms with Gasteiger partial charge in [0.1, 0.15) is 5.82 Å². The molecule has 2 amide bonds. The summed E-state index contributed by atoms with van der Waals surface area (Å²) in [5.41, 5.74) is 2.56. The van der Waals surface area contributed by atoms with E-state index in [1.807, 2.05) is 42.7 Å². The predicted octanol–water partition coefficient (Wildman–Crippen LogP) is 3.62. The first-order chi connectivity index (χ1) is 13.9. The summed E-state index contributed by atoms with van der Waals surface area (Å²) in [5.74, 6) is 1.53. The quantitative estimate of drug-likeness (QED) is 0.502. The fourth-order valence-corrected chi connectivity index (χ4v) is 3.93. The van der Waals surface area contributed by atoms with Gasteiger partial charge in [0, 0.05) is 31.6 Å². The number of anilines is 1. The number of hydrogen-bond donors (Lipinski definition) is 1. The number of aromatic nitrogens is 3. The monoisotopic (exact) mass is 413 g/mol. The molecule has 0 saturated heterocycles. The zero-order chi connectivity index (χ0) is 21.0. The van der Waals surface area contributed by atoms with Crippen LogP contribution in [0, 0.1) is 0 Å². The molecular formula is C21H27N5O2S. The molecule has 1 aliphatic carbocycles. The van der Waals surface area contributed by atoms with Crippen molar-refractivity contribution >= 4 is 29.3 Å². The van der Waals surface area contributed by atoms with Gasteiger partial charge in [-0.05, 0) is 44.9 Å². The van der Waals surface area contributed by atoms with Gasteiger partial charge < -0.3 is 10.2 Å². The Morgan fingerprint density at radius 1 is 1.31 bits per heavy atom. The number of hydrogen-bond acceptors (Lipinski definition) is 5. The lowest BCUT2D eigenvalue weighted by Gasteiger charge is -2.20. The lowest BCUT2D eigenvalue weighted by atomic mass is 10.2. The van der Waals surface area contributed by atoms with Crippen molar-refractivity contribution in [3.8, 4) is 5.69 Å². The summed E-state index contributed by atoms with van der Waals surface area (Å²) < 4.78 is 2.01. The number of amides is 2. The molecule has 1 aliphatic rings. The smallest absolute Gasteiger partial charge is 0.233 e. The summed E-state index contributed by atoms with van der Waals surface area (Å²) in [5, 5.41) is 12.3. The Bertz CT molecular complexity index is 920. The molecule has 3 rings (SSSR count). The highest BCUT2D eigenvalue weighted by Gasteiger charge is 2.31. The molecule has 0 spiro atoms. The van der Waals surface area contributed by atoms with Crippen molar-refractivity contribution in [3.05, 3.63) is 42.2 Å². The average molecular weight is 414 g/mol. The van der Waals surface area contributed by atoms with Gasteiger partial charge in [-0.25, -0.2) is 0 Å². The highest BCUT2D eigenvalue weighted by Crippen LogP contribution is 2.41. The third-order valence-electron chi connectivity index (χ3n) is 4.55. The summed E-state index contributed by atoms with van der Waals surface area (Å²) in [6.07, 6.45) is 2.19. The molecule has 154 valence electrons. The minimum Gasteiger partial charge on any atom is -0.338 e. The molecule has 29 heavy (non-hydrogen) atoms. The van der Waals surface area contributed by atoms with E-state index in [4.69, 9.17) is 0 Å². The summed E-state index contributed by atoms with van der Waals surface area (Å²) in [6, 6.07) is 7.61. The molecule has 1 N–H and O–H groups in total. The Morgan fingerprint density at radius 2 is 2.07 bits per heavy atom. The van der Waals surface area contributed by atoms with Crippen molar-refractivity contribution in [2.75, 3.05) is 24.2 Å². The number of benzene rings is 1. The Hall–Kier alpha value is -2.61. The Labute approximate surface area is 175 Å². The summed E-state index contributed by atoms with van der Waals surface area (Å²) in [4.78, 5) is 25.8. The van der Waals surface area contributed by atoms with Gasteiger partial charge in [-0.1, -0.05) is 30.0 Å². The second-order valence-electron chi connectivity index (χ2n) is 7.34. The summed E-state index contributed by atoms with van der Waals surface area (Å²) in [7, 11) is 0. The van der Waals surface area contributed by atoms with Crippen LogP contribution in [0.1, 0.15) is 45.4 Å². The van der Waals surface area contributed by atoms with Crippen LogP contribution in [0.25, 0.3) is 5.69 Å². The van der Waals surface area contributed by atoms with E-state index >= 15 is 0 Å². The van der Waals surface area contributed by atoms with Crippen molar-refractivity contribution in [3.63, 3.8) is 0 Å².